The molecule has 0 atom stereocenters. The van der Waals surface area contributed by atoms with Gasteiger partial charge in [0.05, 0.1) is 5.69 Å². The lowest BCUT2D eigenvalue weighted by Gasteiger charge is -2.01. The average molecular weight is 313 g/mol. The second-order valence-corrected chi connectivity index (χ2v) is 5.48. The fourth-order valence-corrected chi connectivity index (χ4v) is 2.60. The molecule has 1 amide bonds. The fourth-order valence-electron chi connectivity index (χ4n) is 1.89. The standard InChI is InChI=1S/C16H12FN3OS/c17-12-5-1-11(2-6-12)15(21)20-16-19-14(9-22-16)10-3-7-13(18)8-4-10/h1-9H,18H2,(H,19,20,21). The van der Waals surface area contributed by atoms with Crippen LogP contribution in [0.25, 0.3) is 11.3 Å². The number of carbonyl (C=O) groups excluding carboxylic acids is 1. The van der Waals surface area contributed by atoms with Crippen LogP contribution in [0.15, 0.2) is 53.9 Å². The topological polar surface area (TPSA) is 68.0 Å². The fraction of sp³-hybridized carbons (Fsp3) is 0. The van der Waals surface area contributed by atoms with Gasteiger partial charge in [0.1, 0.15) is 5.82 Å². The van der Waals surface area contributed by atoms with Crippen LogP contribution in [0.2, 0.25) is 0 Å². The van der Waals surface area contributed by atoms with E-state index in [4.69, 9.17) is 5.73 Å². The van der Waals surface area contributed by atoms with Crippen molar-refractivity contribution in [3.05, 3.63) is 65.3 Å². The van der Waals surface area contributed by atoms with Crippen LogP contribution in [0.1, 0.15) is 10.4 Å². The highest BCUT2D eigenvalue weighted by Crippen LogP contribution is 2.25. The van der Waals surface area contributed by atoms with Crippen molar-refractivity contribution in [3.8, 4) is 11.3 Å². The molecule has 0 unspecified atom stereocenters. The van der Waals surface area contributed by atoms with E-state index in [1.165, 1.54) is 35.6 Å². The van der Waals surface area contributed by atoms with Gasteiger partial charge in [0, 0.05) is 22.2 Å². The molecule has 3 rings (SSSR count). The summed E-state index contributed by atoms with van der Waals surface area (Å²) >= 11 is 1.33. The molecule has 3 N–H and O–H groups in total. The molecule has 0 aliphatic carbocycles. The molecule has 6 heteroatoms. The van der Waals surface area contributed by atoms with Crippen molar-refractivity contribution in [1.29, 1.82) is 0 Å². The molecule has 1 heterocycles. The second-order valence-electron chi connectivity index (χ2n) is 4.62. The third kappa shape index (κ3) is 3.12. The molecule has 3 aromatic rings. The average Bonchev–Trinajstić information content (AvgIpc) is 2.97. The zero-order chi connectivity index (χ0) is 15.5. The smallest absolute Gasteiger partial charge is 0.257 e. The molecular formula is C16H12FN3OS. The maximum atomic E-state index is 12.8. The van der Waals surface area contributed by atoms with Gasteiger partial charge in [-0.2, -0.15) is 0 Å². The number of nitrogen functional groups attached to an aromatic ring is 1. The van der Waals surface area contributed by atoms with E-state index in [2.05, 4.69) is 10.3 Å². The van der Waals surface area contributed by atoms with Crippen molar-refractivity contribution in [2.45, 2.75) is 0 Å². The number of aromatic nitrogens is 1. The number of rotatable bonds is 3. The Morgan fingerprint density at radius 2 is 1.77 bits per heavy atom. The van der Waals surface area contributed by atoms with Crippen LogP contribution in [0.3, 0.4) is 0 Å². The third-order valence-electron chi connectivity index (χ3n) is 3.04. The van der Waals surface area contributed by atoms with Crippen molar-refractivity contribution in [2.24, 2.45) is 0 Å². The largest absolute Gasteiger partial charge is 0.399 e. The molecule has 0 radical (unpaired) electrons. The monoisotopic (exact) mass is 313 g/mol. The Hall–Kier alpha value is -2.73. The Kier molecular flexibility index (Phi) is 3.84. The summed E-state index contributed by atoms with van der Waals surface area (Å²) in [5.41, 5.74) is 8.40. The van der Waals surface area contributed by atoms with Gasteiger partial charge in [-0.3, -0.25) is 10.1 Å². The zero-order valence-electron chi connectivity index (χ0n) is 11.4. The molecule has 0 spiro atoms. The van der Waals surface area contributed by atoms with Gasteiger partial charge in [-0.05, 0) is 36.4 Å². The molecule has 1 aromatic heterocycles. The van der Waals surface area contributed by atoms with Gasteiger partial charge in [0.2, 0.25) is 0 Å². The predicted octanol–water partition coefficient (Wildman–Crippen LogP) is 3.78. The minimum atomic E-state index is -0.378. The number of carbonyl (C=O) groups is 1. The first kappa shape index (κ1) is 14.2. The molecule has 22 heavy (non-hydrogen) atoms. The molecule has 4 nitrogen and oxygen atoms in total. The summed E-state index contributed by atoms with van der Waals surface area (Å²) in [6, 6.07) is 12.7. The van der Waals surface area contributed by atoms with E-state index in [0.717, 1.165) is 11.3 Å². The highest BCUT2D eigenvalue weighted by Gasteiger charge is 2.10. The van der Waals surface area contributed by atoms with Crippen LogP contribution in [-0.4, -0.2) is 10.9 Å². The number of anilines is 2. The van der Waals surface area contributed by atoms with E-state index in [-0.39, 0.29) is 11.7 Å². The zero-order valence-corrected chi connectivity index (χ0v) is 12.2. The van der Waals surface area contributed by atoms with Crippen LogP contribution in [0, 0.1) is 5.82 Å². The summed E-state index contributed by atoms with van der Waals surface area (Å²) < 4.78 is 12.8. The minimum absolute atomic E-state index is 0.321. The molecular weight excluding hydrogens is 301 g/mol. The van der Waals surface area contributed by atoms with Crippen LogP contribution < -0.4 is 11.1 Å². The molecule has 0 saturated carbocycles. The van der Waals surface area contributed by atoms with Gasteiger partial charge in [0.15, 0.2) is 5.13 Å². The van der Waals surface area contributed by atoms with Crippen LogP contribution >= 0.6 is 11.3 Å². The van der Waals surface area contributed by atoms with Gasteiger partial charge in [-0.25, -0.2) is 9.37 Å². The van der Waals surface area contributed by atoms with Gasteiger partial charge >= 0.3 is 0 Å². The van der Waals surface area contributed by atoms with Crippen molar-refractivity contribution < 1.29 is 9.18 Å². The first-order valence-corrected chi connectivity index (χ1v) is 7.38. The Labute approximate surface area is 130 Å². The number of nitrogens with one attached hydrogen (secondary N) is 1. The highest BCUT2D eigenvalue weighted by atomic mass is 32.1. The van der Waals surface area contributed by atoms with Crippen LogP contribution in [-0.2, 0) is 0 Å². The maximum Gasteiger partial charge on any atom is 0.257 e. The maximum absolute atomic E-state index is 12.8. The van der Waals surface area contributed by atoms with Gasteiger partial charge in [-0.15, -0.1) is 11.3 Å². The summed E-state index contributed by atoms with van der Waals surface area (Å²) in [4.78, 5) is 16.4. The quantitative estimate of drug-likeness (QED) is 0.723. The summed E-state index contributed by atoms with van der Waals surface area (Å²) in [6.45, 7) is 0. The lowest BCUT2D eigenvalue weighted by atomic mass is 10.1. The summed E-state index contributed by atoms with van der Waals surface area (Å²) in [5, 5.41) is 5.04. The SMILES string of the molecule is Nc1ccc(-c2csc(NC(=O)c3ccc(F)cc3)n2)cc1. The molecule has 0 aliphatic heterocycles. The number of nitrogens with two attached hydrogens (primary N) is 1. The lowest BCUT2D eigenvalue weighted by Crippen LogP contribution is -2.11. The molecule has 110 valence electrons. The van der Waals surface area contributed by atoms with E-state index >= 15 is 0 Å². The number of amides is 1. The van der Waals surface area contributed by atoms with Crippen molar-refractivity contribution in [2.75, 3.05) is 11.1 Å². The van der Waals surface area contributed by atoms with E-state index in [9.17, 15) is 9.18 Å². The summed E-state index contributed by atoms with van der Waals surface area (Å²) in [5.74, 6) is -0.699. The Morgan fingerprint density at radius 3 is 2.45 bits per heavy atom. The molecule has 0 aliphatic rings. The van der Waals surface area contributed by atoms with Crippen molar-refractivity contribution >= 4 is 28.1 Å². The molecule has 2 aromatic carbocycles. The number of nitrogens with zero attached hydrogens (tertiary/aromatic N) is 1. The minimum Gasteiger partial charge on any atom is -0.399 e. The lowest BCUT2D eigenvalue weighted by molar-refractivity contribution is 0.102. The summed E-state index contributed by atoms with van der Waals surface area (Å²) in [7, 11) is 0. The van der Waals surface area contributed by atoms with E-state index < -0.39 is 0 Å². The van der Waals surface area contributed by atoms with Gasteiger partial charge < -0.3 is 5.73 Å². The van der Waals surface area contributed by atoms with Gasteiger partial charge in [-0.1, -0.05) is 12.1 Å². The van der Waals surface area contributed by atoms with Crippen molar-refractivity contribution in [1.82, 2.24) is 4.98 Å². The summed E-state index contributed by atoms with van der Waals surface area (Å²) in [6.07, 6.45) is 0. The Balaban J connectivity index is 1.75. The highest BCUT2D eigenvalue weighted by molar-refractivity contribution is 7.14. The normalized spacial score (nSPS) is 10.4. The Bertz CT molecular complexity index is 797. The van der Waals surface area contributed by atoms with E-state index in [1.807, 2.05) is 17.5 Å². The number of benzene rings is 2. The van der Waals surface area contributed by atoms with E-state index in [0.29, 0.717) is 16.4 Å². The van der Waals surface area contributed by atoms with Crippen LogP contribution in [0.5, 0.6) is 0 Å². The number of halogens is 1. The first-order chi connectivity index (χ1) is 10.6. The predicted molar refractivity (Wildman–Crippen MR) is 86.3 cm³/mol. The second kappa shape index (κ2) is 5.95. The van der Waals surface area contributed by atoms with Gasteiger partial charge in [0.25, 0.3) is 5.91 Å². The number of thiazole rings is 1. The number of hydrogen-bond acceptors (Lipinski definition) is 4. The third-order valence-corrected chi connectivity index (χ3v) is 3.80. The van der Waals surface area contributed by atoms with Crippen LogP contribution in [0.4, 0.5) is 15.2 Å². The number of hydrogen-bond donors (Lipinski definition) is 2. The molecule has 0 bridgehead atoms. The van der Waals surface area contributed by atoms with E-state index in [1.54, 1.807) is 12.1 Å². The first-order valence-electron chi connectivity index (χ1n) is 6.50. The Morgan fingerprint density at radius 1 is 1.09 bits per heavy atom. The van der Waals surface area contributed by atoms with Crippen molar-refractivity contribution in [3.63, 3.8) is 0 Å². The molecule has 0 fully saturated rings. The molecule has 0 saturated heterocycles.